The van der Waals surface area contributed by atoms with E-state index in [1.165, 1.54) is 32.5 Å². The number of guanidine groups is 1. The molecule has 3 fully saturated rings. The summed E-state index contributed by atoms with van der Waals surface area (Å²) in [5, 5.41) is 3.61. The van der Waals surface area contributed by atoms with Crippen LogP contribution in [0.25, 0.3) is 0 Å². The maximum atomic E-state index is 5.95. The zero-order chi connectivity index (χ0) is 16.8. The van der Waals surface area contributed by atoms with Gasteiger partial charge < -0.3 is 24.6 Å². The summed E-state index contributed by atoms with van der Waals surface area (Å²) in [5.41, 5.74) is 0. The van der Waals surface area contributed by atoms with E-state index >= 15 is 0 Å². The number of nitrogens with zero attached hydrogens (tertiary/aromatic N) is 3. The Kier molecular flexibility index (Phi) is 9.23. The number of hydrogen-bond donors (Lipinski definition) is 1. The number of halogens is 1. The highest BCUT2D eigenvalue weighted by Gasteiger charge is 2.32. The smallest absolute Gasteiger partial charge is 0.193 e. The van der Waals surface area contributed by atoms with Crippen molar-refractivity contribution in [2.45, 2.75) is 44.8 Å². The number of aliphatic imine (C=N–C) groups is 1. The van der Waals surface area contributed by atoms with Crippen LogP contribution in [0.1, 0.15) is 32.6 Å². The van der Waals surface area contributed by atoms with Crippen LogP contribution in [0.2, 0.25) is 0 Å². The number of morpholine rings is 1. The van der Waals surface area contributed by atoms with Gasteiger partial charge in [-0.25, -0.2) is 0 Å². The minimum absolute atomic E-state index is 0. The highest BCUT2D eigenvalue weighted by Crippen LogP contribution is 2.21. The highest BCUT2D eigenvalue weighted by molar-refractivity contribution is 14.0. The monoisotopic (exact) mass is 466 g/mol. The van der Waals surface area contributed by atoms with E-state index in [-0.39, 0.29) is 36.2 Å². The van der Waals surface area contributed by atoms with Gasteiger partial charge in [-0.2, -0.15) is 0 Å². The quantitative estimate of drug-likeness (QED) is 0.381. The van der Waals surface area contributed by atoms with Crippen molar-refractivity contribution in [3.8, 4) is 0 Å². The summed E-state index contributed by atoms with van der Waals surface area (Å²) in [6.45, 7) is 10.4. The Morgan fingerprint density at radius 1 is 1.12 bits per heavy atom. The van der Waals surface area contributed by atoms with Crippen molar-refractivity contribution >= 4 is 29.9 Å². The Hall–Kier alpha value is -0.120. The number of likely N-dealkylation sites (tertiary alicyclic amines) is 1. The lowest BCUT2D eigenvalue weighted by Gasteiger charge is -2.37. The van der Waals surface area contributed by atoms with E-state index in [4.69, 9.17) is 9.47 Å². The minimum Gasteiger partial charge on any atom is -0.375 e. The molecule has 25 heavy (non-hydrogen) atoms. The standard InChI is InChI=1S/C18H34N4O2.HI/c1-3-7-21-8-6-15(13-21)12-20-18(19-2)22-9-11-24-17(14-22)16-5-4-10-23-16;/h15-17H,3-14H2,1-2H3,(H,19,20);1H. The van der Waals surface area contributed by atoms with Crippen molar-refractivity contribution < 1.29 is 9.47 Å². The molecule has 0 radical (unpaired) electrons. The molecule has 1 N–H and O–H groups in total. The Morgan fingerprint density at radius 2 is 1.96 bits per heavy atom. The van der Waals surface area contributed by atoms with Crippen LogP contribution in [0.4, 0.5) is 0 Å². The van der Waals surface area contributed by atoms with Crippen LogP contribution in [0.3, 0.4) is 0 Å². The van der Waals surface area contributed by atoms with Gasteiger partial charge in [0.05, 0.1) is 12.7 Å². The molecule has 3 rings (SSSR count). The second-order valence-corrected chi connectivity index (χ2v) is 7.29. The molecule has 3 aliphatic heterocycles. The summed E-state index contributed by atoms with van der Waals surface area (Å²) < 4.78 is 11.8. The van der Waals surface area contributed by atoms with Crippen molar-refractivity contribution in [1.82, 2.24) is 15.1 Å². The first kappa shape index (κ1) is 21.2. The van der Waals surface area contributed by atoms with Gasteiger partial charge in [-0.05, 0) is 44.7 Å². The van der Waals surface area contributed by atoms with Crippen LogP contribution in [-0.4, -0.2) is 87.5 Å². The molecule has 3 atom stereocenters. The van der Waals surface area contributed by atoms with Gasteiger partial charge in [-0.3, -0.25) is 4.99 Å². The Labute approximate surface area is 169 Å². The van der Waals surface area contributed by atoms with Crippen LogP contribution in [-0.2, 0) is 9.47 Å². The van der Waals surface area contributed by atoms with Gasteiger partial charge in [0, 0.05) is 39.8 Å². The molecule has 146 valence electrons. The largest absolute Gasteiger partial charge is 0.375 e. The van der Waals surface area contributed by atoms with Gasteiger partial charge >= 0.3 is 0 Å². The molecule has 0 bridgehead atoms. The molecule has 3 unspecified atom stereocenters. The van der Waals surface area contributed by atoms with Crippen molar-refractivity contribution in [3.05, 3.63) is 0 Å². The third kappa shape index (κ3) is 5.94. The van der Waals surface area contributed by atoms with Crippen LogP contribution in [0, 0.1) is 5.92 Å². The van der Waals surface area contributed by atoms with E-state index in [0.29, 0.717) is 0 Å². The third-order valence-electron chi connectivity index (χ3n) is 5.44. The Morgan fingerprint density at radius 3 is 2.68 bits per heavy atom. The van der Waals surface area contributed by atoms with E-state index < -0.39 is 0 Å². The first-order chi connectivity index (χ1) is 11.8. The summed E-state index contributed by atoms with van der Waals surface area (Å²) in [6.07, 6.45) is 5.29. The molecule has 0 amide bonds. The maximum absolute atomic E-state index is 5.95. The molecule has 7 heteroatoms. The number of rotatable bonds is 5. The molecule has 3 saturated heterocycles. The van der Waals surface area contributed by atoms with Crippen LogP contribution < -0.4 is 5.32 Å². The van der Waals surface area contributed by atoms with Gasteiger partial charge in [0.2, 0.25) is 0 Å². The average Bonchev–Trinajstić information content (AvgIpc) is 3.28. The predicted molar refractivity (Wildman–Crippen MR) is 112 cm³/mol. The summed E-state index contributed by atoms with van der Waals surface area (Å²) in [5.74, 6) is 1.76. The molecule has 0 aliphatic carbocycles. The molecule has 3 heterocycles. The molecule has 0 aromatic carbocycles. The summed E-state index contributed by atoms with van der Waals surface area (Å²) in [6, 6.07) is 0. The summed E-state index contributed by atoms with van der Waals surface area (Å²) in [7, 11) is 1.89. The van der Waals surface area contributed by atoms with Crippen molar-refractivity contribution in [2.75, 3.05) is 59.5 Å². The fraction of sp³-hybridized carbons (Fsp3) is 0.944. The Balaban J connectivity index is 0.00000225. The predicted octanol–water partition coefficient (Wildman–Crippen LogP) is 1.79. The third-order valence-corrected chi connectivity index (χ3v) is 5.44. The first-order valence-corrected chi connectivity index (χ1v) is 9.71. The van der Waals surface area contributed by atoms with E-state index in [1.807, 2.05) is 7.05 Å². The lowest BCUT2D eigenvalue weighted by atomic mass is 10.1. The molecule has 6 nitrogen and oxygen atoms in total. The van der Waals surface area contributed by atoms with E-state index in [9.17, 15) is 0 Å². The fourth-order valence-corrected chi connectivity index (χ4v) is 4.16. The molecule has 3 aliphatic rings. The van der Waals surface area contributed by atoms with Crippen LogP contribution in [0.5, 0.6) is 0 Å². The second kappa shape index (κ2) is 10.9. The van der Waals surface area contributed by atoms with Crippen LogP contribution >= 0.6 is 24.0 Å². The van der Waals surface area contributed by atoms with Gasteiger partial charge in [0.15, 0.2) is 5.96 Å². The number of hydrogen-bond acceptors (Lipinski definition) is 4. The van der Waals surface area contributed by atoms with Crippen LogP contribution in [0.15, 0.2) is 4.99 Å². The summed E-state index contributed by atoms with van der Waals surface area (Å²) in [4.78, 5) is 9.43. The highest BCUT2D eigenvalue weighted by atomic mass is 127. The Bertz CT molecular complexity index is 418. The SMILES string of the molecule is CCCN1CCC(CNC(=NC)N2CCOC(C3CCCO3)C2)C1.I. The maximum Gasteiger partial charge on any atom is 0.193 e. The minimum atomic E-state index is 0. The van der Waals surface area contributed by atoms with Crippen molar-refractivity contribution in [2.24, 2.45) is 10.9 Å². The molecule has 0 aromatic heterocycles. The van der Waals surface area contributed by atoms with E-state index in [1.54, 1.807) is 0 Å². The summed E-state index contributed by atoms with van der Waals surface area (Å²) >= 11 is 0. The normalized spacial score (nSPS) is 31.2. The lowest BCUT2D eigenvalue weighted by Crippen LogP contribution is -2.53. The van der Waals surface area contributed by atoms with Crippen molar-refractivity contribution in [1.29, 1.82) is 0 Å². The van der Waals surface area contributed by atoms with Crippen molar-refractivity contribution in [3.63, 3.8) is 0 Å². The van der Waals surface area contributed by atoms with Gasteiger partial charge in [-0.15, -0.1) is 24.0 Å². The van der Waals surface area contributed by atoms with Gasteiger partial charge in [-0.1, -0.05) is 6.92 Å². The topological polar surface area (TPSA) is 49.3 Å². The number of ether oxygens (including phenoxy) is 2. The molecular formula is C18H35IN4O2. The molecule has 0 spiro atoms. The second-order valence-electron chi connectivity index (χ2n) is 7.29. The zero-order valence-corrected chi connectivity index (χ0v) is 18.1. The molecular weight excluding hydrogens is 431 g/mol. The van der Waals surface area contributed by atoms with Gasteiger partial charge in [0.1, 0.15) is 6.10 Å². The van der Waals surface area contributed by atoms with E-state index in [2.05, 4.69) is 27.0 Å². The first-order valence-electron chi connectivity index (χ1n) is 9.71. The number of nitrogens with one attached hydrogen (secondary N) is 1. The fourth-order valence-electron chi connectivity index (χ4n) is 4.16. The zero-order valence-electron chi connectivity index (χ0n) is 15.8. The van der Waals surface area contributed by atoms with Gasteiger partial charge in [0.25, 0.3) is 0 Å². The van der Waals surface area contributed by atoms with E-state index in [0.717, 1.165) is 57.6 Å². The molecule has 0 aromatic rings. The lowest BCUT2D eigenvalue weighted by molar-refractivity contribution is -0.0817. The average molecular weight is 466 g/mol. The molecule has 0 saturated carbocycles.